The van der Waals surface area contributed by atoms with Crippen LogP contribution in [0.3, 0.4) is 0 Å². The summed E-state index contributed by atoms with van der Waals surface area (Å²) >= 11 is 3.50. The molecule has 4 aromatic carbocycles. The van der Waals surface area contributed by atoms with Crippen molar-refractivity contribution in [3.05, 3.63) is 141 Å². The van der Waals surface area contributed by atoms with E-state index in [4.69, 9.17) is 40.0 Å². The summed E-state index contributed by atoms with van der Waals surface area (Å²) in [5.74, 6) is 1.29. The fraction of sp³-hybridized carbons (Fsp3) is 0.426. The summed E-state index contributed by atoms with van der Waals surface area (Å²) < 4.78 is 89.1. The Labute approximate surface area is 494 Å². The fourth-order valence-electron chi connectivity index (χ4n) is 9.98. The van der Waals surface area contributed by atoms with Gasteiger partial charge in [0.2, 0.25) is 21.8 Å². The SMILES string of the molecule is CCN(CC)c1ccc2c(c1)OC1=C[C@@H](N(CC)CC)C=CC1=C2c1ccc(S(=O)(=O)NCCOCCOCCOCCOCCC(=O)NCCCCNC(=O)Cc2c(C)n(C(=O)c3ccc(Cl)cc3)c3ccc(OC)cc23)cc1S(=O)O. The molecule has 7 rings (SSSR count). The zero-order valence-electron chi connectivity index (χ0n) is 48.1. The number of unbranched alkanes of at least 4 members (excludes halogenated alkanes) is 1. The molecular formula is C61H77ClN6O13S2. The molecular weight excluding hydrogens is 1120 g/mol. The number of halogens is 1. The van der Waals surface area contributed by atoms with E-state index in [1.165, 1.54) is 12.1 Å². The largest absolute Gasteiger partial charge is 0.497 e. The molecule has 0 radical (unpaired) electrons. The lowest BCUT2D eigenvalue weighted by atomic mass is 9.86. The predicted molar refractivity (Wildman–Crippen MR) is 323 cm³/mol. The number of aromatic nitrogens is 1. The minimum atomic E-state index is -4.09. The number of carbonyl (C=O) groups excluding carboxylic acids is 3. The van der Waals surface area contributed by atoms with E-state index in [0.717, 1.165) is 54.0 Å². The van der Waals surface area contributed by atoms with Gasteiger partial charge in [0.25, 0.3) is 5.91 Å². The number of benzene rings is 4. The Bertz CT molecular complexity index is 3280. The number of anilines is 1. The van der Waals surface area contributed by atoms with Crippen molar-refractivity contribution in [3.63, 3.8) is 0 Å². The van der Waals surface area contributed by atoms with Crippen LogP contribution in [0.25, 0.3) is 16.5 Å². The Balaban J connectivity index is 0.741. The van der Waals surface area contributed by atoms with Gasteiger partial charge in [-0.25, -0.2) is 17.3 Å². The third-order valence-electron chi connectivity index (χ3n) is 14.4. The molecule has 22 heteroatoms. The van der Waals surface area contributed by atoms with Gasteiger partial charge >= 0.3 is 0 Å². The Morgan fingerprint density at radius 2 is 1.40 bits per heavy atom. The smallest absolute Gasteiger partial charge is 0.262 e. The summed E-state index contributed by atoms with van der Waals surface area (Å²) in [5, 5.41) is 7.12. The standard InChI is InChI=1S/C61H77ClN6O13S2/c1-7-66(8-2)45-17-21-49-55(37-45)81-56-38-46(67(9-3)10-4)18-22-50(56)60(49)51-23-20-48(40-57(51)82(72)73)83(74,75)65-28-30-78-32-34-80-36-35-79-33-31-77-29-25-58(69)63-26-11-12-27-64-59(70)41-52-42(5)68(54-24-19-47(76-6)39-53(52)54)61(71)43-13-15-44(62)16-14-43/h13-24,37-40,45,65H,7-12,25-36,41H2,1-6H3,(H,63,69)(H,64,70)(H,72,73)/t45-/m0/s1. The summed E-state index contributed by atoms with van der Waals surface area (Å²) in [5.41, 5.74) is 6.08. The highest BCUT2D eigenvalue weighted by Gasteiger charge is 2.32. The molecule has 2 atom stereocenters. The average molecular weight is 1200 g/mol. The second-order valence-corrected chi connectivity index (χ2v) is 22.7. The Morgan fingerprint density at radius 3 is 2.04 bits per heavy atom. The highest BCUT2D eigenvalue weighted by molar-refractivity contribution is 7.89. The Kier molecular flexibility index (Phi) is 24.5. The van der Waals surface area contributed by atoms with Crippen LogP contribution in [0.15, 0.2) is 118 Å². The van der Waals surface area contributed by atoms with Gasteiger partial charge < -0.3 is 48.5 Å². The summed E-state index contributed by atoms with van der Waals surface area (Å²) in [6.07, 6.45) is 7.71. The molecule has 1 aliphatic carbocycles. The normalized spacial score (nSPS) is 14.3. The Hall–Kier alpha value is -6.24. The number of methoxy groups -OCH3 is 1. The molecule has 83 heavy (non-hydrogen) atoms. The maximum absolute atomic E-state index is 13.6. The molecule has 2 amide bonds. The minimum absolute atomic E-state index is 0.0111. The highest BCUT2D eigenvalue weighted by Crippen LogP contribution is 2.46. The maximum atomic E-state index is 13.6. The lowest BCUT2D eigenvalue weighted by molar-refractivity contribution is -0.122. The first-order chi connectivity index (χ1) is 40.1. The Morgan fingerprint density at radius 1 is 0.759 bits per heavy atom. The summed E-state index contributed by atoms with van der Waals surface area (Å²) in [6, 6.07) is 22.3. The van der Waals surface area contributed by atoms with Gasteiger partial charge in [-0.05, 0) is 125 Å². The summed E-state index contributed by atoms with van der Waals surface area (Å²) in [6.45, 7) is 16.3. The number of sulfonamides is 1. The van der Waals surface area contributed by atoms with Crippen LogP contribution >= 0.6 is 11.6 Å². The van der Waals surface area contributed by atoms with Gasteiger partial charge in [-0.3, -0.25) is 23.9 Å². The molecule has 2 heterocycles. The van der Waals surface area contributed by atoms with Crippen molar-refractivity contribution in [1.82, 2.24) is 24.8 Å². The number of amides is 2. The van der Waals surface area contributed by atoms with E-state index in [1.807, 2.05) is 43.3 Å². The first-order valence-corrected chi connectivity index (χ1v) is 31.1. The molecule has 1 unspecified atom stereocenters. The van der Waals surface area contributed by atoms with Crippen LogP contribution in [0.4, 0.5) is 5.69 Å². The molecule has 448 valence electrons. The molecule has 0 spiro atoms. The lowest BCUT2D eigenvalue weighted by Gasteiger charge is -2.33. The van der Waals surface area contributed by atoms with Crippen LogP contribution in [-0.4, -0.2) is 156 Å². The van der Waals surface area contributed by atoms with Gasteiger partial charge in [-0.2, -0.15) is 0 Å². The number of carbonyl (C=O) groups is 3. The van der Waals surface area contributed by atoms with E-state index in [1.54, 1.807) is 48.1 Å². The van der Waals surface area contributed by atoms with Gasteiger partial charge in [-0.15, -0.1) is 0 Å². The number of ether oxygens (including phenoxy) is 6. The van der Waals surface area contributed by atoms with E-state index in [2.05, 4.69) is 65.0 Å². The molecule has 0 fully saturated rings. The van der Waals surface area contributed by atoms with Crippen molar-refractivity contribution in [2.24, 2.45) is 0 Å². The van der Waals surface area contributed by atoms with Gasteiger partial charge in [0.1, 0.15) is 17.3 Å². The van der Waals surface area contributed by atoms with E-state index in [9.17, 15) is 31.6 Å². The molecule has 4 N–H and O–H groups in total. The molecule has 0 saturated carbocycles. The van der Waals surface area contributed by atoms with Crippen LogP contribution < -0.4 is 29.7 Å². The molecule has 2 aliphatic rings. The maximum Gasteiger partial charge on any atom is 0.262 e. The molecule has 1 aromatic heterocycles. The van der Waals surface area contributed by atoms with Gasteiger partial charge in [0, 0.05) is 94.8 Å². The van der Waals surface area contributed by atoms with Crippen LogP contribution in [-0.2, 0) is 56.1 Å². The van der Waals surface area contributed by atoms with Crippen molar-refractivity contribution in [3.8, 4) is 11.5 Å². The van der Waals surface area contributed by atoms with E-state index >= 15 is 0 Å². The van der Waals surface area contributed by atoms with Gasteiger partial charge in [0.05, 0.1) is 87.7 Å². The van der Waals surface area contributed by atoms with Crippen molar-refractivity contribution >= 4 is 72.6 Å². The molecule has 5 aromatic rings. The van der Waals surface area contributed by atoms with Gasteiger partial charge in [-0.1, -0.05) is 43.7 Å². The first kappa shape index (κ1) is 64.3. The van der Waals surface area contributed by atoms with Gasteiger partial charge in [0.15, 0.2) is 11.1 Å². The zero-order valence-corrected chi connectivity index (χ0v) is 50.5. The lowest BCUT2D eigenvalue weighted by Crippen LogP contribution is -2.34. The molecule has 0 saturated heterocycles. The second-order valence-electron chi connectivity index (χ2n) is 19.5. The van der Waals surface area contributed by atoms with Crippen molar-refractivity contribution < 1.29 is 60.0 Å². The van der Waals surface area contributed by atoms with Crippen LogP contribution in [0.1, 0.15) is 79.7 Å². The van der Waals surface area contributed by atoms with E-state index in [0.29, 0.717) is 103 Å². The number of hydrogen-bond acceptors (Lipinski definition) is 14. The molecule has 0 bridgehead atoms. The van der Waals surface area contributed by atoms with E-state index < -0.39 is 21.1 Å². The monoisotopic (exact) mass is 1200 g/mol. The van der Waals surface area contributed by atoms with Crippen LogP contribution in [0, 0.1) is 6.92 Å². The topological polar surface area (TPSA) is 226 Å². The minimum Gasteiger partial charge on any atom is -0.497 e. The predicted octanol–water partition coefficient (Wildman–Crippen LogP) is 8.08. The number of hydrogen-bond donors (Lipinski definition) is 4. The summed E-state index contributed by atoms with van der Waals surface area (Å²) in [7, 11) is -2.53. The van der Waals surface area contributed by atoms with Crippen molar-refractivity contribution in [1.29, 1.82) is 0 Å². The zero-order chi connectivity index (χ0) is 59.5. The van der Waals surface area contributed by atoms with E-state index in [-0.39, 0.29) is 79.4 Å². The molecule has 19 nitrogen and oxygen atoms in total. The third kappa shape index (κ3) is 17.0. The highest BCUT2D eigenvalue weighted by atomic mass is 35.5. The number of likely N-dealkylation sites (N-methyl/N-ethyl adjacent to an activating group) is 1. The summed E-state index contributed by atoms with van der Waals surface area (Å²) in [4.78, 5) is 43.3. The second kappa shape index (κ2) is 31.6. The number of allylic oxidation sites excluding steroid dienone is 1. The fourth-order valence-corrected chi connectivity index (χ4v) is 11.8. The van der Waals surface area contributed by atoms with Crippen LogP contribution in [0.2, 0.25) is 5.02 Å². The number of nitrogens with one attached hydrogen (secondary N) is 3. The third-order valence-corrected chi connectivity index (χ3v) is 16.8. The van der Waals surface area contributed by atoms with Crippen molar-refractivity contribution in [2.75, 3.05) is 111 Å². The number of rotatable bonds is 34. The van der Waals surface area contributed by atoms with Crippen LogP contribution in [0.5, 0.6) is 11.5 Å². The first-order valence-electron chi connectivity index (χ1n) is 28.2. The average Bonchev–Trinajstić information content (AvgIpc) is 3.94. The quantitative estimate of drug-likeness (QED) is 0.0226. The van der Waals surface area contributed by atoms with Crippen molar-refractivity contribution in [2.45, 2.75) is 76.1 Å². The number of nitrogens with zero attached hydrogens (tertiary/aromatic N) is 3. The molecule has 1 aliphatic heterocycles. The number of fused-ring (bicyclic) bond motifs is 3.